The van der Waals surface area contributed by atoms with Gasteiger partial charge < -0.3 is 4.98 Å². The number of thioether (sulfide) groups is 1. The number of hydrogen-bond donors (Lipinski definition) is 1. The number of aromatic nitrogens is 1. The van der Waals surface area contributed by atoms with Gasteiger partial charge in [-0.3, -0.25) is 4.79 Å². The van der Waals surface area contributed by atoms with Gasteiger partial charge in [0.2, 0.25) is 5.56 Å². The Hall–Kier alpha value is -1.72. The number of aryl methyl sites for hydroxylation is 1. The van der Waals surface area contributed by atoms with Gasteiger partial charge in [0.15, 0.2) is 0 Å². The van der Waals surface area contributed by atoms with Crippen LogP contribution in [-0.2, 0) is 6.42 Å². The number of nitriles is 2. The number of H-pyrrole nitrogens is 1. The molecule has 16 heavy (non-hydrogen) atoms. The Labute approximate surface area is 97.9 Å². The first-order chi connectivity index (χ1) is 7.72. The van der Waals surface area contributed by atoms with E-state index in [9.17, 15) is 4.79 Å². The highest BCUT2D eigenvalue weighted by molar-refractivity contribution is 7.99. The molecule has 4 nitrogen and oxygen atoms in total. The molecule has 1 N–H and O–H groups in total. The van der Waals surface area contributed by atoms with Crippen LogP contribution in [0.1, 0.15) is 24.5 Å². The molecule has 1 aromatic rings. The third-order valence-electron chi connectivity index (χ3n) is 2.00. The van der Waals surface area contributed by atoms with E-state index in [4.69, 9.17) is 10.5 Å². The highest BCUT2D eigenvalue weighted by Gasteiger charge is 2.10. The van der Waals surface area contributed by atoms with Gasteiger partial charge in [-0.2, -0.15) is 10.5 Å². The zero-order valence-corrected chi connectivity index (χ0v) is 9.73. The predicted molar refractivity (Wildman–Crippen MR) is 62.1 cm³/mol. The van der Waals surface area contributed by atoms with Gasteiger partial charge in [-0.15, -0.1) is 0 Å². The Morgan fingerprint density at radius 2 is 2.25 bits per heavy atom. The monoisotopic (exact) mass is 233 g/mol. The van der Waals surface area contributed by atoms with E-state index in [0.717, 1.165) is 12.0 Å². The number of pyridine rings is 1. The third kappa shape index (κ3) is 2.88. The van der Waals surface area contributed by atoms with Crippen LogP contribution in [0.4, 0.5) is 0 Å². The minimum atomic E-state index is -0.220. The van der Waals surface area contributed by atoms with Crippen LogP contribution in [0.3, 0.4) is 0 Å². The lowest BCUT2D eigenvalue weighted by Crippen LogP contribution is -2.10. The van der Waals surface area contributed by atoms with E-state index in [1.807, 2.05) is 13.0 Å². The summed E-state index contributed by atoms with van der Waals surface area (Å²) in [7, 11) is 0. The molecule has 0 aliphatic carbocycles. The van der Waals surface area contributed by atoms with Crippen molar-refractivity contribution in [3.63, 3.8) is 0 Å². The molecule has 0 atom stereocenters. The molecule has 1 rings (SSSR count). The summed E-state index contributed by atoms with van der Waals surface area (Å²) >= 11 is 1.19. The van der Waals surface area contributed by atoms with Crippen molar-refractivity contribution < 1.29 is 0 Å². The second kappa shape index (κ2) is 5.99. The Balaban J connectivity index is 3.21. The van der Waals surface area contributed by atoms with Crippen molar-refractivity contribution in [1.29, 1.82) is 10.5 Å². The predicted octanol–water partition coefficient (Wildman–Crippen LogP) is 1.81. The van der Waals surface area contributed by atoms with Gasteiger partial charge in [-0.25, -0.2) is 0 Å². The zero-order chi connectivity index (χ0) is 12.0. The summed E-state index contributed by atoms with van der Waals surface area (Å²) in [6.07, 6.45) is 1.58. The molecule has 0 aliphatic heterocycles. The first-order valence-corrected chi connectivity index (χ1v) is 5.87. The van der Waals surface area contributed by atoms with E-state index in [1.165, 1.54) is 17.8 Å². The lowest BCUT2D eigenvalue weighted by Gasteiger charge is -2.06. The Bertz CT molecular complexity index is 507. The van der Waals surface area contributed by atoms with Gasteiger partial charge >= 0.3 is 0 Å². The van der Waals surface area contributed by atoms with Crippen LogP contribution < -0.4 is 5.56 Å². The first-order valence-electron chi connectivity index (χ1n) is 4.89. The number of hydrogen-bond acceptors (Lipinski definition) is 4. The molecule has 0 saturated heterocycles. The minimum Gasteiger partial charge on any atom is -0.316 e. The topological polar surface area (TPSA) is 80.4 Å². The Morgan fingerprint density at radius 3 is 2.81 bits per heavy atom. The number of aromatic amines is 1. The molecule has 0 bridgehead atoms. The van der Waals surface area contributed by atoms with Crippen LogP contribution in [0.25, 0.3) is 0 Å². The summed E-state index contributed by atoms with van der Waals surface area (Å²) in [5, 5.41) is 18.0. The van der Waals surface area contributed by atoms with Crippen LogP contribution in [0, 0.1) is 22.7 Å². The van der Waals surface area contributed by atoms with Gasteiger partial charge in [-0.05, 0) is 12.0 Å². The van der Waals surface area contributed by atoms with E-state index in [-0.39, 0.29) is 11.3 Å². The molecule has 0 amide bonds. The number of rotatable bonds is 4. The van der Waals surface area contributed by atoms with Gasteiger partial charge in [-0.1, -0.05) is 25.1 Å². The van der Waals surface area contributed by atoms with Crippen molar-refractivity contribution in [3.05, 3.63) is 27.5 Å². The van der Waals surface area contributed by atoms with Crippen LogP contribution in [0.2, 0.25) is 0 Å². The molecule has 0 aromatic carbocycles. The van der Waals surface area contributed by atoms with E-state index in [0.29, 0.717) is 17.0 Å². The van der Waals surface area contributed by atoms with Crippen molar-refractivity contribution >= 4 is 11.8 Å². The minimum absolute atomic E-state index is 0.220. The number of nitrogens with zero attached hydrogens (tertiary/aromatic N) is 2. The van der Waals surface area contributed by atoms with E-state index in [1.54, 1.807) is 0 Å². The van der Waals surface area contributed by atoms with Crippen LogP contribution in [0.15, 0.2) is 15.9 Å². The second-order valence-corrected chi connectivity index (χ2v) is 4.16. The average molecular weight is 233 g/mol. The Kier molecular flexibility index (Phi) is 4.63. The van der Waals surface area contributed by atoms with E-state index < -0.39 is 0 Å². The standard InChI is InChI=1S/C11H11N3OS/c1-2-3-8-6-10(15)14-11(9(8)7-13)16-5-4-12/h6H,2-3,5H2,1H3,(H,14,15). The summed E-state index contributed by atoms with van der Waals surface area (Å²) in [6, 6.07) is 5.51. The summed E-state index contributed by atoms with van der Waals surface area (Å²) in [4.78, 5) is 14.0. The fourth-order valence-corrected chi connectivity index (χ4v) is 2.09. The summed E-state index contributed by atoms with van der Waals surface area (Å²) in [5.41, 5.74) is 1.03. The lowest BCUT2D eigenvalue weighted by molar-refractivity contribution is 0.893. The fraction of sp³-hybridized carbons (Fsp3) is 0.364. The van der Waals surface area contributed by atoms with Crippen LogP contribution >= 0.6 is 11.8 Å². The van der Waals surface area contributed by atoms with Crippen molar-refractivity contribution in [1.82, 2.24) is 4.98 Å². The van der Waals surface area contributed by atoms with Crippen molar-refractivity contribution in [2.24, 2.45) is 0 Å². The number of nitrogens with one attached hydrogen (secondary N) is 1. The SMILES string of the molecule is CCCc1cc(=O)[nH]c(SCC#N)c1C#N. The molecule has 82 valence electrons. The smallest absolute Gasteiger partial charge is 0.249 e. The lowest BCUT2D eigenvalue weighted by atomic mass is 10.1. The molecule has 5 heteroatoms. The molecular formula is C11H11N3OS. The molecule has 0 spiro atoms. The first kappa shape index (κ1) is 12.4. The Morgan fingerprint density at radius 1 is 1.50 bits per heavy atom. The normalized spacial score (nSPS) is 9.44. The van der Waals surface area contributed by atoms with Gasteiger partial charge in [0.25, 0.3) is 0 Å². The molecule has 1 aromatic heterocycles. The maximum Gasteiger partial charge on any atom is 0.249 e. The highest BCUT2D eigenvalue weighted by Crippen LogP contribution is 2.21. The van der Waals surface area contributed by atoms with Crippen molar-refractivity contribution in [3.8, 4) is 12.1 Å². The van der Waals surface area contributed by atoms with Crippen LogP contribution in [-0.4, -0.2) is 10.7 Å². The zero-order valence-electron chi connectivity index (χ0n) is 8.91. The van der Waals surface area contributed by atoms with Gasteiger partial charge in [0.1, 0.15) is 6.07 Å². The largest absolute Gasteiger partial charge is 0.316 e. The molecular weight excluding hydrogens is 222 g/mol. The van der Waals surface area contributed by atoms with Gasteiger partial charge in [0.05, 0.1) is 22.4 Å². The molecule has 0 radical (unpaired) electrons. The van der Waals surface area contributed by atoms with E-state index >= 15 is 0 Å². The molecule has 0 unspecified atom stereocenters. The fourth-order valence-electron chi connectivity index (χ4n) is 1.39. The summed E-state index contributed by atoms with van der Waals surface area (Å²) in [6.45, 7) is 1.99. The maximum absolute atomic E-state index is 11.4. The average Bonchev–Trinajstić information content (AvgIpc) is 2.26. The molecule has 1 heterocycles. The maximum atomic E-state index is 11.4. The summed E-state index contributed by atoms with van der Waals surface area (Å²) in [5.74, 6) is 0.222. The van der Waals surface area contributed by atoms with Crippen LogP contribution in [0.5, 0.6) is 0 Å². The highest BCUT2D eigenvalue weighted by atomic mass is 32.2. The van der Waals surface area contributed by atoms with Gasteiger partial charge in [0, 0.05) is 6.07 Å². The van der Waals surface area contributed by atoms with E-state index in [2.05, 4.69) is 11.1 Å². The third-order valence-corrected chi connectivity index (χ3v) is 2.87. The quantitative estimate of drug-likeness (QED) is 0.804. The molecule has 0 fully saturated rings. The molecule has 0 aliphatic rings. The molecule has 0 saturated carbocycles. The van der Waals surface area contributed by atoms with Crippen molar-refractivity contribution in [2.75, 3.05) is 5.75 Å². The second-order valence-electron chi connectivity index (χ2n) is 3.17. The van der Waals surface area contributed by atoms with Crippen molar-refractivity contribution in [2.45, 2.75) is 24.8 Å². The summed E-state index contributed by atoms with van der Waals surface area (Å²) < 4.78 is 0.